The predicted octanol–water partition coefficient (Wildman–Crippen LogP) is 4.03. The Morgan fingerprint density at radius 2 is 1.43 bits per heavy atom. The molecule has 1 N–H and O–H groups in total. The summed E-state index contributed by atoms with van der Waals surface area (Å²) in [6.45, 7) is 9.61. The van der Waals surface area contributed by atoms with Crippen LogP contribution in [0.2, 0.25) is 0 Å². The molecule has 4 heteroatoms. The Balaban J connectivity index is 2.48. The van der Waals surface area contributed by atoms with Crippen LogP contribution in [-0.4, -0.2) is 8.42 Å². The van der Waals surface area contributed by atoms with E-state index in [1.54, 1.807) is 12.1 Å². The van der Waals surface area contributed by atoms with Gasteiger partial charge in [-0.25, -0.2) is 8.42 Å². The fourth-order valence-electron chi connectivity index (χ4n) is 2.28. The maximum absolute atomic E-state index is 12.6. The van der Waals surface area contributed by atoms with Crippen molar-refractivity contribution in [3.05, 3.63) is 58.1 Å². The van der Waals surface area contributed by atoms with Gasteiger partial charge in [-0.2, -0.15) is 0 Å². The normalized spacial score (nSPS) is 11.5. The van der Waals surface area contributed by atoms with Crippen molar-refractivity contribution in [1.82, 2.24) is 0 Å². The second-order valence-corrected chi connectivity index (χ2v) is 7.21. The summed E-state index contributed by atoms with van der Waals surface area (Å²) in [7, 11) is -3.57. The fourth-order valence-corrected chi connectivity index (χ4v) is 3.72. The number of sulfonamides is 1. The number of rotatable bonds is 3. The maximum atomic E-state index is 12.6. The van der Waals surface area contributed by atoms with Crippen molar-refractivity contribution in [2.75, 3.05) is 4.72 Å². The smallest absolute Gasteiger partial charge is 0.262 e. The molecule has 0 saturated carbocycles. The van der Waals surface area contributed by atoms with Gasteiger partial charge in [-0.3, -0.25) is 4.72 Å². The lowest BCUT2D eigenvalue weighted by Crippen LogP contribution is -2.15. The van der Waals surface area contributed by atoms with Gasteiger partial charge < -0.3 is 0 Å². The van der Waals surface area contributed by atoms with Crippen LogP contribution in [0.4, 0.5) is 5.69 Å². The lowest BCUT2D eigenvalue weighted by Gasteiger charge is -2.15. The van der Waals surface area contributed by atoms with Crippen molar-refractivity contribution in [3.8, 4) is 0 Å². The number of hydrogen-bond acceptors (Lipinski definition) is 2. The number of benzene rings is 2. The first-order valence-corrected chi connectivity index (χ1v) is 8.37. The Morgan fingerprint density at radius 3 is 2.10 bits per heavy atom. The summed E-state index contributed by atoms with van der Waals surface area (Å²) in [4.78, 5) is 0.339. The second kappa shape index (κ2) is 5.53. The standard InChI is InChI=1S/C17H21NO2S/c1-11-7-6-8-16(15(11)5)18-21(19,20)17-10-13(3)12(2)9-14(17)4/h6-10,18H,1-5H3. The van der Waals surface area contributed by atoms with E-state index in [0.29, 0.717) is 10.6 Å². The van der Waals surface area contributed by atoms with Crippen molar-refractivity contribution in [2.45, 2.75) is 39.5 Å². The van der Waals surface area contributed by atoms with Crippen molar-refractivity contribution in [2.24, 2.45) is 0 Å². The quantitative estimate of drug-likeness (QED) is 0.930. The van der Waals surface area contributed by atoms with Crippen LogP contribution >= 0.6 is 0 Å². The van der Waals surface area contributed by atoms with Gasteiger partial charge in [-0.1, -0.05) is 18.2 Å². The summed E-state index contributed by atoms with van der Waals surface area (Å²) in [6, 6.07) is 9.25. The Hall–Kier alpha value is -1.81. The summed E-state index contributed by atoms with van der Waals surface area (Å²) >= 11 is 0. The number of hydrogen-bond donors (Lipinski definition) is 1. The Labute approximate surface area is 127 Å². The molecular formula is C17H21NO2S. The van der Waals surface area contributed by atoms with Gasteiger partial charge in [0.05, 0.1) is 10.6 Å². The average Bonchev–Trinajstić information content (AvgIpc) is 2.39. The van der Waals surface area contributed by atoms with Gasteiger partial charge in [-0.15, -0.1) is 0 Å². The summed E-state index contributed by atoms with van der Waals surface area (Å²) < 4.78 is 28.0. The van der Waals surface area contributed by atoms with Gasteiger partial charge in [-0.05, 0) is 74.6 Å². The van der Waals surface area contributed by atoms with Crippen LogP contribution in [0.5, 0.6) is 0 Å². The first-order chi connectivity index (χ1) is 9.72. The van der Waals surface area contributed by atoms with Gasteiger partial charge >= 0.3 is 0 Å². The molecule has 0 unspecified atom stereocenters. The van der Waals surface area contributed by atoms with Crippen molar-refractivity contribution < 1.29 is 8.42 Å². The summed E-state index contributed by atoms with van der Waals surface area (Å²) in [5, 5.41) is 0. The fraction of sp³-hybridized carbons (Fsp3) is 0.294. The molecule has 2 aromatic carbocycles. The molecule has 0 spiro atoms. The molecule has 0 saturated heterocycles. The van der Waals surface area contributed by atoms with E-state index >= 15 is 0 Å². The zero-order chi connectivity index (χ0) is 15.8. The van der Waals surface area contributed by atoms with Crippen LogP contribution in [0, 0.1) is 34.6 Å². The Bertz CT molecular complexity index is 793. The van der Waals surface area contributed by atoms with Crippen molar-refractivity contribution in [1.29, 1.82) is 0 Å². The molecule has 0 aliphatic rings. The molecule has 0 aliphatic heterocycles. The molecule has 0 aromatic heterocycles. The summed E-state index contributed by atoms with van der Waals surface area (Å²) in [5.74, 6) is 0. The number of nitrogens with one attached hydrogen (secondary N) is 1. The van der Waals surface area contributed by atoms with Crippen molar-refractivity contribution in [3.63, 3.8) is 0 Å². The summed E-state index contributed by atoms with van der Waals surface area (Å²) in [6.07, 6.45) is 0. The average molecular weight is 303 g/mol. The first-order valence-electron chi connectivity index (χ1n) is 6.89. The van der Waals surface area contributed by atoms with E-state index in [0.717, 1.165) is 27.8 Å². The SMILES string of the molecule is Cc1cc(C)c(S(=O)(=O)Nc2cccc(C)c2C)cc1C. The Kier molecular flexibility index (Phi) is 4.10. The Morgan fingerprint density at radius 1 is 0.810 bits per heavy atom. The highest BCUT2D eigenvalue weighted by Crippen LogP contribution is 2.25. The molecule has 0 radical (unpaired) electrons. The largest absolute Gasteiger partial charge is 0.279 e. The van der Waals surface area contributed by atoms with E-state index in [1.165, 1.54) is 0 Å². The van der Waals surface area contributed by atoms with Gasteiger partial charge in [0.1, 0.15) is 0 Å². The molecule has 2 rings (SSSR count). The molecule has 0 aliphatic carbocycles. The first kappa shape index (κ1) is 15.6. The molecular weight excluding hydrogens is 282 g/mol. The van der Waals surface area contributed by atoms with Gasteiger partial charge in [0.25, 0.3) is 10.0 Å². The molecule has 3 nitrogen and oxygen atoms in total. The van der Waals surface area contributed by atoms with Crippen LogP contribution in [-0.2, 0) is 10.0 Å². The lowest BCUT2D eigenvalue weighted by molar-refractivity contribution is 0.600. The minimum absolute atomic E-state index is 0.339. The minimum atomic E-state index is -3.57. The molecule has 0 amide bonds. The number of anilines is 1. The van der Waals surface area contributed by atoms with E-state index in [9.17, 15) is 8.42 Å². The molecule has 0 atom stereocenters. The highest BCUT2D eigenvalue weighted by Gasteiger charge is 2.19. The van der Waals surface area contributed by atoms with E-state index in [1.807, 2.05) is 52.8 Å². The third-order valence-corrected chi connectivity index (χ3v) is 5.44. The third-order valence-electron chi connectivity index (χ3n) is 3.93. The molecule has 0 bridgehead atoms. The molecule has 0 fully saturated rings. The number of aryl methyl sites for hydroxylation is 4. The zero-order valence-electron chi connectivity index (χ0n) is 13.1. The van der Waals surface area contributed by atoms with E-state index in [4.69, 9.17) is 0 Å². The third kappa shape index (κ3) is 3.10. The lowest BCUT2D eigenvalue weighted by atomic mass is 10.1. The van der Waals surface area contributed by atoms with Gasteiger partial charge in [0, 0.05) is 0 Å². The van der Waals surface area contributed by atoms with Crippen LogP contribution in [0.25, 0.3) is 0 Å². The van der Waals surface area contributed by atoms with Crippen molar-refractivity contribution >= 4 is 15.7 Å². The topological polar surface area (TPSA) is 46.2 Å². The monoisotopic (exact) mass is 303 g/mol. The van der Waals surface area contributed by atoms with E-state index in [2.05, 4.69) is 4.72 Å². The molecule has 112 valence electrons. The van der Waals surface area contributed by atoms with Crippen LogP contribution in [0.1, 0.15) is 27.8 Å². The van der Waals surface area contributed by atoms with E-state index in [-0.39, 0.29) is 0 Å². The molecule has 0 heterocycles. The second-order valence-electron chi connectivity index (χ2n) is 5.55. The highest BCUT2D eigenvalue weighted by molar-refractivity contribution is 7.92. The maximum Gasteiger partial charge on any atom is 0.262 e. The van der Waals surface area contributed by atoms with Crippen LogP contribution < -0.4 is 4.72 Å². The minimum Gasteiger partial charge on any atom is -0.279 e. The van der Waals surface area contributed by atoms with Gasteiger partial charge in [0.2, 0.25) is 0 Å². The predicted molar refractivity (Wildman–Crippen MR) is 87.4 cm³/mol. The molecule has 2 aromatic rings. The van der Waals surface area contributed by atoms with Gasteiger partial charge in [0.15, 0.2) is 0 Å². The highest BCUT2D eigenvalue weighted by atomic mass is 32.2. The van der Waals surface area contributed by atoms with E-state index < -0.39 is 10.0 Å². The van der Waals surface area contributed by atoms with Crippen LogP contribution in [0.15, 0.2) is 35.2 Å². The van der Waals surface area contributed by atoms with Crippen LogP contribution in [0.3, 0.4) is 0 Å². The zero-order valence-corrected chi connectivity index (χ0v) is 13.9. The summed E-state index contributed by atoms with van der Waals surface area (Å²) in [5.41, 5.74) is 5.47. The molecule has 21 heavy (non-hydrogen) atoms.